The second kappa shape index (κ2) is 4.01. The molecule has 0 bridgehead atoms. The summed E-state index contributed by atoms with van der Waals surface area (Å²) in [7, 11) is 0. The molecule has 2 fully saturated rings. The van der Waals surface area contributed by atoms with Gasteiger partial charge in [0, 0.05) is 18.0 Å². The lowest BCUT2D eigenvalue weighted by Gasteiger charge is -2.26. The molecule has 2 unspecified atom stereocenters. The van der Waals surface area contributed by atoms with Crippen molar-refractivity contribution in [1.82, 2.24) is 4.90 Å². The van der Waals surface area contributed by atoms with Crippen molar-refractivity contribution in [3.05, 3.63) is 0 Å². The number of carbonyl (C=O) groups excluding carboxylic acids is 1. The second-order valence-corrected chi connectivity index (χ2v) is 4.90. The van der Waals surface area contributed by atoms with E-state index in [1.165, 1.54) is 19.3 Å². The number of ketones is 1. The average Bonchev–Trinajstić information content (AvgIpc) is 2.95. The summed E-state index contributed by atoms with van der Waals surface area (Å²) in [5, 5.41) is 0. The van der Waals surface area contributed by atoms with Gasteiger partial charge < -0.3 is 0 Å². The van der Waals surface area contributed by atoms with Gasteiger partial charge in [0.1, 0.15) is 5.78 Å². The summed E-state index contributed by atoms with van der Waals surface area (Å²) in [5.41, 5.74) is 0. The number of hydrogen-bond acceptors (Lipinski definition) is 2. The highest BCUT2D eigenvalue weighted by Crippen LogP contribution is 2.32. The van der Waals surface area contributed by atoms with E-state index in [0.717, 1.165) is 19.4 Å². The third-order valence-electron chi connectivity index (χ3n) is 3.80. The zero-order chi connectivity index (χ0) is 10.1. The standard InChI is InChI=1S/C12H21NO/c1-3-11-7-4-9(2)13(11)8-12(14)10-5-6-10/h9-11H,3-8H2,1-2H3. The van der Waals surface area contributed by atoms with Gasteiger partial charge in [-0.2, -0.15) is 0 Å². The summed E-state index contributed by atoms with van der Waals surface area (Å²) < 4.78 is 0. The monoisotopic (exact) mass is 195 g/mol. The van der Waals surface area contributed by atoms with E-state index in [-0.39, 0.29) is 0 Å². The maximum absolute atomic E-state index is 11.7. The number of carbonyl (C=O) groups is 1. The predicted octanol–water partition coefficient (Wildman–Crippen LogP) is 2.23. The molecule has 0 radical (unpaired) electrons. The van der Waals surface area contributed by atoms with Gasteiger partial charge in [-0.05, 0) is 39.0 Å². The maximum Gasteiger partial charge on any atom is 0.149 e. The van der Waals surface area contributed by atoms with E-state index in [0.29, 0.717) is 23.8 Å². The van der Waals surface area contributed by atoms with Gasteiger partial charge >= 0.3 is 0 Å². The summed E-state index contributed by atoms with van der Waals surface area (Å²) in [6, 6.07) is 1.30. The second-order valence-electron chi connectivity index (χ2n) is 4.90. The van der Waals surface area contributed by atoms with Crippen LogP contribution in [-0.4, -0.2) is 29.3 Å². The Bertz CT molecular complexity index is 222. The smallest absolute Gasteiger partial charge is 0.149 e. The number of nitrogens with zero attached hydrogens (tertiary/aromatic N) is 1. The first-order valence-electron chi connectivity index (χ1n) is 6.00. The zero-order valence-electron chi connectivity index (χ0n) is 9.33. The SMILES string of the molecule is CCC1CCC(C)N1CC(=O)C1CC1. The number of likely N-dealkylation sites (tertiary alicyclic amines) is 1. The van der Waals surface area contributed by atoms with E-state index in [2.05, 4.69) is 18.7 Å². The highest BCUT2D eigenvalue weighted by molar-refractivity contribution is 5.85. The molecule has 0 aromatic rings. The molecule has 1 aliphatic carbocycles. The van der Waals surface area contributed by atoms with Crippen LogP contribution in [0.4, 0.5) is 0 Å². The summed E-state index contributed by atoms with van der Waals surface area (Å²) in [6.07, 6.45) is 6.06. The number of Topliss-reactive ketones (excluding diaryl/α,β-unsaturated/α-hetero) is 1. The van der Waals surface area contributed by atoms with Crippen LogP contribution < -0.4 is 0 Å². The van der Waals surface area contributed by atoms with Crippen LogP contribution in [0.1, 0.15) is 46.0 Å². The van der Waals surface area contributed by atoms with E-state index < -0.39 is 0 Å². The fourth-order valence-corrected chi connectivity index (χ4v) is 2.56. The third-order valence-corrected chi connectivity index (χ3v) is 3.80. The third kappa shape index (κ3) is 2.00. The van der Waals surface area contributed by atoms with E-state index in [1.807, 2.05) is 0 Å². The minimum Gasteiger partial charge on any atom is -0.298 e. The first-order valence-corrected chi connectivity index (χ1v) is 6.00. The summed E-state index contributed by atoms with van der Waals surface area (Å²) in [5.74, 6) is 0.928. The van der Waals surface area contributed by atoms with Gasteiger partial charge in [0.25, 0.3) is 0 Å². The highest BCUT2D eigenvalue weighted by Gasteiger charge is 2.35. The molecule has 2 rings (SSSR count). The maximum atomic E-state index is 11.7. The Morgan fingerprint density at radius 1 is 1.29 bits per heavy atom. The van der Waals surface area contributed by atoms with Gasteiger partial charge in [-0.1, -0.05) is 6.92 Å². The number of rotatable bonds is 4. The van der Waals surface area contributed by atoms with Gasteiger partial charge in [-0.3, -0.25) is 9.69 Å². The van der Waals surface area contributed by atoms with E-state index >= 15 is 0 Å². The van der Waals surface area contributed by atoms with Gasteiger partial charge in [0.05, 0.1) is 6.54 Å². The normalized spacial score (nSPS) is 33.6. The van der Waals surface area contributed by atoms with Gasteiger partial charge in [-0.15, -0.1) is 0 Å². The zero-order valence-corrected chi connectivity index (χ0v) is 9.33. The van der Waals surface area contributed by atoms with Crippen molar-refractivity contribution in [2.75, 3.05) is 6.54 Å². The van der Waals surface area contributed by atoms with Crippen LogP contribution in [-0.2, 0) is 4.79 Å². The van der Waals surface area contributed by atoms with Crippen molar-refractivity contribution in [1.29, 1.82) is 0 Å². The molecular weight excluding hydrogens is 174 g/mol. The first-order chi connectivity index (χ1) is 6.72. The summed E-state index contributed by atoms with van der Waals surface area (Å²) in [4.78, 5) is 14.2. The largest absolute Gasteiger partial charge is 0.298 e. The van der Waals surface area contributed by atoms with Gasteiger partial charge in [0.15, 0.2) is 0 Å². The molecule has 2 heteroatoms. The lowest BCUT2D eigenvalue weighted by Crippen LogP contribution is -2.38. The predicted molar refractivity (Wildman–Crippen MR) is 57.2 cm³/mol. The van der Waals surface area contributed by atoms with Crippen LogP contribution in [0.15, 0.2) is 0 Å². The van der Waals surface area contributed by atoms with E-state index in [4.69, 9.17) is 0 Å². The molecule has 1 aliphatic heterocycles. The summed E-state index contributed by atoms with van der Waals surface area (Å²) >= 11 is 0. The Balaban J connectivity index is 1.90. The molecule has 1 saturated carbocycles. The van der Waals surface area contributed by atoms with Crippen LogP contribution >= 0.6 is 0 Å². The van der Waals surface area contributed by atoms with Crippen molar-refractivity contribution in [2.45, 2.75) is 58.0 Å². The van der Waals surface area contributed by atoms with Crippen LogP contribution in [0.3, 0.4) is 0 Å². The fraction of sp³-hybridized carbons (Fsp3) is 0.917. The van der Waals surface area contributed by atoms with Crippen molar-refractivity contribution < 1.29 is 4.79 Å². The summed E-state index contributed by atoms with van der Waals surface area (Å²) in [6.45, 7) is 5.22. The van der Waals surface area contributed by atoms with Crippen LogP contribution in [0.2, 0.25) is 0 Å². The molecule has 1 saturated heterocycles. The van der Waals surface area contributed by atoms with Gasteiger partial charge in [0.2, 0.25) is 0 Å². The highest BCUT2D eigenvalue weighted by atomic mass is 16.1. The Morgan fingerprint density at radius 2 is 2.00 bits per heavy atom. The lowest BCUT2D eigenvalue weighted by atomic mass is 10.1. The molecule has 1 heterocycles. The molecule has 80 valence electrons. The topological polar surface area (TPSA) is 20.3 Å². The molecule has 2 nitrogen and oxygen atoms in total. The molecule has 0 N–H and O–H groups in total. The molecule has 2 atom stereocenters. The van der Waals surface area contributed by atoms with Crippen LogP contribution in [0.5, 0.6) is 0 Å². The number of hydrogen-bond donors (Lipinski definition) is 0. The van der Waals surface area contributed by atoms with Crippen molar-refractivity contribution >= 4 is 5.78 Å². The van der Waals surface area contributed by atoms with E-state index in [9.17, 15) is 4.79 Å². The van der Waals surface area contributed by atoms with Crippen LogP contribution in [0.25, 0.3) is 0 Å². The molecule has 0 aromatic heterocycles. The van der Waals surface area contributed by atoms with Crippen LogP contribution in [0, 0.1) is 5.92 Å². The molecular formula is C12H21NO. The lowest BCUT2D eigenvalue weighted by molar-refractivity contribution is -0.122. The first kappa shape index (κ1) is 10.2. The Hall–Kier alpha value is -0.370. The Kier molecular flexibility index (Phi) is 2.91. The Labute approximate surface area is 86.7 Å². The minimum absolute atomic E-state index is 0.431. The average molecular weight is 195 g/mol. The molecule has 0 aromatic carbocycles. The molecule has 0 amide bonds. The van der Waals surface area contributed by atoms with Gasteiger partial charge in [-0.25, -0.2) is 0 Å². The Morgan fingerprint density at radius 3 is 2.57 bits per heavy atom. The molecule has 0 spiro atoms. The van der Waals surface area contributed by atoms with Crippen molar-refractivity contribution in [3.63, 3.8) is 0 Å². The molecule has 2 aliphatic rings. The van der Waals surface area contributed by atoms with Crippen molar-refractivity contribution in [2.24, 2.45) is 5.92 Å². The quantitative estimate of drug-likeness (QED) is 0.685. The molecule has 14 heavy (non-hydrogen) atoms. The minimum atomic E-state index is 0.431. The fourth-order valence-electron chi connectivity index (χ4n) is 2.56. The van der Waals surface area contributed by atoms with Crippen molar-refractivity contribution in [3.8, 4) is 0 Å². The van der Waals surface area contributed by atoms with E-state index in [1.54, 1.807) is 0 Å².